The Balaban J connectivity index is -0.000000389. The number of hydrogen-bond donors (Lipinski definition) is 4. The molecule has 5 N–H and O–H groups in total. The van der Waals surface area contributed by atoms with Crippen molar-refractivity contribution in [1.82, 2.24) is 15.1 Å². The molecule has 0 spiro atoms. The first-order valence-electron chi connectivity index (χ1n) is 26.0. The second-order valence-electron chi connectivity index (χ2n) is 21.6. The molecule has 412 valence electrons. The minimum Gasteiger partial charge on any atom is -0.459 e. The van der Waals surface area contributed by atoms with Gasteiger partial charge >= 0.3 is 177 Å². The summed E-state index contributed by atoms with van der Waals surface area (Å²) in [5.41, 5.74) is 6.46. The Labute approximate surface area is 433 Å². The van der Waals surface area contributed by atoms with Gasteiger partial charge in [-0.3, -0.25) is 14.5 Å². The van der Waals surface area contributed by atoms with E-state index in [-0.39, 0.29) is 48.3 Å². The van der Waals surface area contributed by atoms with Gasteiger partial charge in [0.1, 0.15) is 17.5 Å². The van der Waals surface area contributed by atoms with E-state index in [1.807, 2.05) is 105 Å². The fourth-order valence-electron chi connectivity index (χ4n) is 5.62. The van der Waals surface area contributed by atoms with Crippen LogP contribution in [0.4, 0.5) is 0 Å². The van der Waals surface area contributed by atoms with Crippen LogP contribution in [0.15, 0.2) is 18.2 Å². The van der Waals surface area contributed by atoms with Crippen LogP contribution in [0.1, 0.15) is 199 Å². The summed E-state index contributed by atoms with van der Waals surface area (Å²) in [5, 5.41) is 20.8. The number of hydrogen-bond acceptors (Lipinski definition) is 11. The number of ether oxygens (including phenoxy) is 3. The van der Waals surface area contributed by atoms with Crippen molar-refractivity contribution in [3.63, 3.8) is 0 Å². The fourth-order valence-corrected chi connectivity index (χ4v) is 9.06. The molecular weight excluding hydrogens is 993 g/mol. The zero-order chi connectivity index (χ0) is 55.7. The molecule has 1 rings (SSSR count). The van der Waals surface area contributed by atoms with E-state index in [1.54, 1.807) is 7.11 Å². The predicted molar refractivity (Wildman–Crippen MR) is 297 cm³/mol. The molecule has 0 aliphatic rings. The molecule has 0 aromatic heterocycles. The summed E-state index contributed by atoms with van der Waals surface area (Å²) in [6.07, 6.45) is 11.6. The molecule has 0 heterocycles. The third kappa shape index (κ3) is 51.3. The number of aliphatic carboxylic acids is 1. The van der Waals surface area contributed by atoms with Gasteiger partial charge in [-0.05, 0) is 81.2 Å². The zero-order valence-corrected chi connectivity index (χ0v) is 51.6. The van der Waals surface area contributed by atoms with Crippen LogP contribution in [-0.4, -0.2) is 132 Å². The average molecular weight is 1100 g/mol. The number of amides is 1. The third-order valence-electron chi connectivity index (χ3n) is 9.74. The number of methoxy groups -OCH3 is 1. The molecule has 15 heteroatoms. The molecule has 0 radical (unpaired) electrons. The number of carboxylic acid groups (broad SMARTS) is 1. The maximum absolute atomic E-state index is 12.8. The van der Waals surface area contributed by atoms with Crippen molar-refractivity contribution < 1.29 is 43.3 Å². The minimum absolute atomic E-state index is 0.00104. The number of aldehydes is 1. The first-order chi connectivity index (χ1) is 32.2. The molecule has 2 unspecified atom stereocenters. The smallest absolute Gasteiger partial charge is 0.320 e. The van der Waals surface area contributed by atoms with Crippen LogP contribution in [0.25, 0.3) is 0 Å². The Bertz CT molecular complexity index is 1520. The van der Waals surface area contributed by atoms with Gasteiger partial charge in [-0.2, -0.15) is 0 Å². The van der Waals surface area contributed by atoms with E-state index in [9.17, 15) is 29.1 Å². The number of benzene rings is 1. The molecule has 2 atom stereocenters. The van der Waals surface area contributed by atoms with Crippen molar-refractivity contribution in [3.8, 4) is 0 Å². The Morgan fingerprint density at radius 1 is 0.800 bits per heavy atom. The van der Waals surface area contributed by atoms with Crippen molar-refractivity contribution in [2.75, 3.05) is 39.8 Å². The summed E-state index contributed by atoms with van der Waals surface area (Å²) in [6, 6.07) is 5.09. The number of carbonyl (C=O) groups excluding carboxylic acids is 4. The van der Waals surface area contributed by atoms with Crippen LogP contribution in [0.2, 0.25) is 14.8 Å². The fraction of sp³-hybridized carbons (Fsp3) is 0.782. The van der Waals surface area contributed by atoms with Crippen LogP contribution in [-0.2, 0) is 44.7 Å². The van der Waals surface area contributed by atoms with Crippen LogP contribution >= 0.6 is 0 Å². The maximum Gasteiger partial charge on any atom is 0.320 e. The maximum atomic E-state index is 12.8. The zero-order valence-electron chi connectivity index (χ0n) is 48.7. The number of unbranched alkanes of at least 4 members (excludes halogenated alkanes) is 2. The van der Waals surface area contributed by atoms with Crippen molar-refractivity contribution in [3.05, 3.63) is 29.3 Å². The van der Waals surface area contributed by atoms with Gasteiger partial charge in [-0.25, -0.2) is 0 Å². The molecule has 1 aromatic carbocycles. The van der Waals surface area contributed by atoms with E-state index in [4.69, 9.17) is 20.6 Å². The average Bonchev–Trinajstić information content (AvgIpc) is 3.24. The molecule has 0 bridgehead atoms. The number of nitrogens with two attached hydrogens (primary N) is 1. The van der Waals surface area contributed by atoms with Crippen molar-refractivity contribution in [2.45, 2.75) is 233 Å². The van der Waals surface area contributed by atoms with E-state index in [0.29, 0.717) is 51.2 Å². The second kappa shape index (κ2) is 43.5. The van der Waals surface area contributed by atoms with Crippen molar-refractivity contribution in [2.24, 2.45) is 11.7 Å². The molecular formula is C55H109N5O9Sn. The van der Waals surface area contributed by atoms with Crippen LogP contribution < -0.4 is 14.6 Å². The van der Waals surface area contributed by atoms with Crippen LogP contribution in [0.3, 0.4) is 0 Å². The second-order valence-corrected chi connectivity index (χ2v) is 36.1. The number of amidine groups is 1. The Morgan fingerprint density at radius 3 is 1.69 bits per heavy atom. The van der Waals surface area contributed by atoms with E-state index in [2.05, 4.69) is 65.6 Å². The van der Waals surface area contributed by atoms with Gasteiger partial charge in [-0.1, -0.05) is 93.9 Å². The third-order valence-corrected chi connectivity index (χ3v) is 15.5. The van der Waals surface area contributed by atoms with Gasteiger partial charge in [0.15, 0.2) is 0 Å². The van der Waals surface area contributed by atoms with Crippen LogP contribution in [0.5, 0.6) is 0 Å². The number of nitrogens with zero attached hydrogens (tertiary/aromatic N) is 2. The minimum atomic E-state index is -2.44. The topological polar surface area (TPSA) is 202 Å². The van der Waals surface area contributed by atoms with Gasteiger partial charge in [0, 0.05) is 13.5 Å². The Kier molecular flexibility index (Phi) is 47.1. The molecule has 70 heavy (non-hydrogen) atoms. The normalized spacial score (nSPS) is 12.0. The summed E-state index contributed by atoms with van der Waals surface area (Å²) in [4.78, 5) is 66.9. The standard InChI is InChI=1S/C27H44N5O5.C9H20.C5H10O2.C5H12O.C3H6O.C3H8.3CH3.Sn/c1-6-13-31(19-24(34)37-27(3,4)5)15-16-32(14-7-2)22(26(35)36)11-12-23(33)30-18-20-9-8-10-21(17-20)25(28)29;1-4-6-7-8-9(3)5-2;1-5(2,3)7-4-6;1-5(2,3)6-4;1-2-3-4;1-3-2;;;;/h9-10,17,22H,6-7,11-16,18-19H2,1-5H3,(H3,28,29)(H,30,33)(H,35,36);9H,4-8H2,1-3H3;4H,1-3H3;1-4H3;3H,2H2,1H3;3H2,1-2H3;3*1H3;. The molecule has 14 nitrogen and oxygen atoms in total. The molecule has 0 aliphatic carbocycles. The molecule has 0 aliphatic heterocycles. The van der Waals surface area contributed by atoms with Crippen LogP contribution in [0, 0.1) is 11.3 Å². The van der Waals surface area contributed by atoms with Gasteiger partial charge in [0.2, 0.25) is 0 Å². The predicted octanol–water partition coefficient (Wildman–Crippen LogP) is 11.1. The molecule has 1 amide bonds. The Hall–Kier alpha value is -3.08. The number of carbonyl (C=O) groups is 5. The van der Waals surface area contributed by atoms with E-state index >= 15 is 0 Å². The summed E-state index contributed by atoms with van der Waals surface area (Å²) >= 11 is -2.44. The van der Waals surface area contributed by atoms with E-state index in [1.165, 1.54) is 42.1 Å². The van der Waals surface area contributed by atoms with E-state index in [0.717, 1.165) is 30.6 Å². The SMILES string of the molecule is CC(C)(C)OC=O.CCC.CCC=O.CCCCCC(C)CC.CCCN(CCN(CCC)C(CCC(=O)NCc1cc(C(=N)N)c[c]([Sn]([CH3])([CH3])[CH3])c1)C(=O)O)CC(=O)OC(C)(C)C.COC(C)(C)C. The van der Waals surface area contributed by atoms with Crippen molar-refractivity contribution >= 4 is 58.4 Å². The molecule has 1 aromatic rings. The van der Waals surface area contributed by atoms with Gasteiger partial charge in [-0.15, -0.1) is 0 Å². The first-order valence-corrected chi connectivity index (χ1v) is 36.0. The van der Waals surface area contributed by atoms with E-state index < -0.39 is 36.0 Å². The summed E-state index contributed by atoms with van der Waals surface area (Å²) in [5.74, 6) is -0.530. The molecule has 0 saturated carbocycles. The number of carboxylic acids is 1. The largest absolute Gasteiger partial charge is 0.459 e. The summed E-state index contributed by atoms with van der Waals surface area (Å²) < 4.78 is 16.2. The summed E-state index contributed by atoms with van der Waals surface area (Å²) in [6.45, 7) is 37.2. The monoisotopic (exact) mass is 1100 g/mol. The molecule has 0 fully saturated rings. The van der Waals surface area contributed by atoms with Gasteiger partial charge < -0.3 is 19.0 Å². The number of rotatable bonds is 25. The Morgan fingerprint density at radius 2 is 1.33 bits per heavy atom. The van der Waals surface area contributed by atoms with Crippen molar-refractivity contribution in [1.29, 1.82) is 5.41 Å². The molecule has 0 saturated heterocycles. The first kappa shape index (κ1) is 75.8. The summed E-state index contributed by atoms with van der Waals surface area (Å²) in [7, 11) is 1.71. The quantitative estimate of drug-likeness (QED) is 0.0181. The van der Waals surface area contributed by atoms with Gasteiger partial charge in [0.25, 0.3) is 6.47 Å². The van der Waals surface area contributed by atoms with Gasteiger partial charge in [0.05, 0.1) is 12.1 Å². The number of nitrogen functional groups attached to an aromatic ring is 1. The number of esters is 1. The number of nitrogens with one attached hydrogen (secondary N) is 2.